The smallest absolute Gasteiger partial charge is 0.271 e. The minimum absolute atomic E-state index is 0.246. The Morgan fingerprint density at radius 1 is 1.21 bits per heavy atom. The summed E-state index contributed by atoms with van der Waals surface area (Å²) in [5.41, 5.74) is 3.84. The molecule has 1 saturated carbocycles. The molecule has 0 radical (unpaired) electrons. The lowest BCUT2D eigenvalue weighted by Gasteiger charge is -2.13. The number of halogens is 1. The van der Waals surface area contributed by atoms with Crippen molar-refractivity contribution in [2.24, 2.45) is 5.10 Å². The van der Waals surface area contributed by atoms with Crippen LogP contribution in [-0.2, 0) is 0 Å². The average molecular weight is 363 g/mol. The number of hydrogen-bond donors (Lipinski definition) is 1. The van der Waals surface area contributed by atoms with Gasteiger partial charge >= 0.3 is 0 Å². The van der Waals surface area contributed by atoms with E-state index >= 15 is 0 Å². The normalized spacial score (nSPS) is 15.5. The van der Waals surface area contributed by atoms with E-state index < -0.39 is 0 Å². The molecular weight excluding hydrogens is 344 g/mol. The molecule has 126 valence electrons. The van der Waals surface area contributed by atoms with Crippen LogP contribution in [0.1, 0.15) is 47.8 Å². The topological polar surface area (TPSA) is 50.7 Å². The van der Waals surface area contributed by atoms with Crippen LogP contribution in [0.25, 0.3) is 0 Å². The predicted octanol–water partition coefficient (Wildman–Crippen LogP) is 4.88. The first kappa shape index (κ1) is 17.0. The summed E-state index contributed by atoms with van der Waals surface area (Å²) in [6.45, 7) is 1.83. The van der Waals surface area contributed by atoms with Gasteiger partial charge in [0.15, 0.2) is 0 Å². The van der Waals surface area contributed by atoms with E-state index in [0.717, 1.165) is 29.2 Å². The van der Waals surface area contributed by atoms with E-state index in [4.69, 9.17) is 16.3 Å². The minimum Gasteiger partial charge on any atom is -0.490 e. The Morgan fingerprint density at radius 3 is 2.54 bits per heavy atom. The van der Waals surface area contributed by atoms with E-state index in [1.807, 2.05) is 31.2 Å². The highest BCUT2D eigenvalue weighted by molar-refractivity contribution is 7.18. The van der Waals surface area contributed by atoms with Crippen LogP contribution in [0.3, 0.4) is 0 Å². The van der Waals surface area contributed by atoms with Crippen LogP contribution in [-0.4, -0.2) is 17.7 Å². The van der Waals surface area contributed by atoms with Gasteiger partial charge in [0.25, 0.3) is 5.91 Å². The van der Waals surface area contributed by atoms with E-state index in [9.17, 15) is 4.79 Å². The molecule has 0 spiro atoms. The van der Waals surface area contributed by atoms with E-state index in [1.54, 1.807) is 12.1 Å². The first-order valence-electron chi connectivity index (χ1n) is 7.99. The molecule has 0 unspecified atom stereocenters. The minimum atomic E-state index is -0.246. The Labute approximate surface area is 150 Å². The number of carbonyl (C=O) groups excluding carboxylic acids is 1. The zero-order valence-corrected chi connectivity index (χ0v) is 15.0. The lowest BCUT2D eigenvalue weighted by atomic mass is 10.2. The molecular formula is C18H19ClN2O2S. The van der Waals surface area contributed by atoms with Crippen molar-refractivity contribution in [3.63, 3.8) is 0 Å². The van der Waals surface area contributed by atoms with Gasteiger partial charge in [-0.15, -0.1) is 11.3 Å². The van der Waals surface area contributed by atoms with Gasteiger partial charge in [0.05, 0.1) is 21.0 Å². The summed E-state index contributed by atoms with van der Waals surface area (Å²) in [6, 6.07) is 10.9. The summed E-state index contributed by atoms with van der Waals surface area (Å²) in [5, 5.41) is 4.13. The van der Waals surface area contributed by atoms with Gasteiger partial charge < -0.3 is 4.74 Å². The van der Waals surface area contributed by atoms with Gasteiger partial charge in [0, 0.05) is 5.56 Å². The van der Waals surface area contributed by atoms with Crippen molar-refractivity contribution in [1.82, 2.24) is 5.43 Å². The molecule has 3 rings (SSSR count). The van der Waals surface area contributed by atoms with E-state index in [1.165, 1.54) is 24.2 Å². The van der Waals surface area contributed by atoms with Crippen LogP contribution in [0.2, 0.25) is 4.34 Å². The number of nitrogens with one attached hydrogen (secondary N) is 1. The van der Waals surface area contributed by atoms with Crippen LogP contribution in [0.15, 0.2) is 41.5 Å². The number of amides is 1. The maximum absolute atomic E-state index is 12.2. The third-order valence-corrected chi connectivity index (χ3v) is 5.32. The summed E-state index contributed by atoms with van der Waals surface area (Å²) >= 11 is 7.33. The number of hydrazone groups is 1. The Kier molecular flexibility index (Phi) is 5.53. The molecule has 1 aromatic carbocycles. The number of rotatable bonds is 5. The Morgan fingerprint density at radius 2 is 1.92 bits per heavy atom. The number of ether oxygens (including phenoxy) is 1. The molecule has 1 amide bonds. The van der Waals surface area contributed by atoms with Crippen LogP contribution in [0, 0.1) is 0 Å². The predicted molar refractivity (Wildman–Crippen MR) is 98.3 cm³/mol. The first-order chi connectivity index (χ1) is 11.6. The second-order valence-electron chi connectivity index (χ2n) is 5.79. The van der Waals surface area contributed by atoms with Gasteiger partial charge in [-0.2, -0.15) is 5.10 Å². The van der Waals surface area contributed by atoms with Crippen molar-refractivity contribution in [3.8, 4) is 5.75 Å². The van der Waals surface area contributed by atoms with Crippen LogP contribution in [0.5, 0.6) is 5.75 Å². The van der Waals surface area contributed by atoms with Gasteiger partial charge in [-0.3, -0.25) is 4.79 Å². The standard InChI is InChI=1S/C18H19ClN2O2S/c1-12(16-10-11-17(19)24-16)20-21-18(22)13-6-8-15(9-7-13)23-14-4-2-3-5-14/h6-11,14H,2-5H2,1H3,(H,21,22)/b20-12+. The Balaban J connectivity index is 1.58. The van der Waals surface area contributed by atoms with Crippen molar-refractivity contribution < 1.29 is 9.53 Å². The molecule has 6 heteroatoms. The van der Waals surface area contributed by atoms with Gasteiger partial charge in [0.1, 0.15) is 5.75 Å². The monoisotopic (exact) mass is 362 g/mol. The summed E-state index contributed by atoms with van der Waals surface area (Å²) in [5.74, 6) is 0.566. The summed E-state index contributed by atoms with van der Waals surface area (Å²) < 4.78 is 6.60. The van der Waals surface area contributed by atoms with Crippen molar-refractivity contribution in [3.05, 3.63) is 51.2 Å². The molecule has 2 aromatic rings. The third kappa shape index (κ3) is 4.36. The molecule has 1 fully saturated rings. The van der Waals surface area contributed by atoms with E-state index in [2.05, 4.69) is 10.5 Å². The summed E-state index contributed by atoms with van der Waals surface area (Å²) in [6.07, 6.45) is 5.01. The molecule has 1 aliphatic rings. The molecule has 4 nitrogen and oxygen atoms in total. The molecule has 0 saturated heterocycles. The highest BCUT2D eigenvalue weighted by Gasteiger charge is 2.16. The zero-order chi connectivity index (χ0) is 16.9. The van der Waals surface area contributed by atoms with Crippen molar-refractivity contribution in [2.45, 2.75) is 38.7 Å². The Hall–Kier alpha value is -1.85. The SMILES string of the molecule is C/C(=N\NC(=O)c1ccc(OC2CCCC2)cc1)c1ccc(Cl)s1. The quantitative estimate of drug-likeness (QED) is 0.609. The highest BCUT2D eigenvalue weighted by atomic mass is 35.5. The van der Waals surface area contributed by atoms with E-state index in [0.29, 0.717) is 16.0 Å². The highest BCUT2D eigenvalue weighted by Crippen LogP contribution is 2.24. The lowest BCUT2D eigenvalue weighted by molar-refractivity contribution is 0.0955. The number of carbonyl (C=O) groups is 1. The van der Waals surface area contributed by atoms with Crippen LogP contribution >= 0.6 is 22.9 Å². The summed E-state index contributed by atoms with van der Waals surface area (Å²) in [7, 11) is 0. The van der Waals surface area contributed by atoms with Crippen LogP contribution in [0.4, 0.5) is 0 Å². The number of nitrogens with zero attached hydrogens (tertiary/aromatic N) is 1. The van der Waals surface area contributed by atoms with Gasteiger partial charge in [-0.05, 0) is 69.0 Å². The maximum atomic E-state index is 12.2. The molecule has 1 N–H and O–H groups in total. The van der Waals surface area contributed by atoms with Gasteiger partial charge in [0.2, 0.25) is 0 Å². The molecule has 0 aliphatic heterocycles. The number of thiophene rings is 1. The fourth-order valence-electron chi connectivity index (χ4n) is 2.65. The molecule has 1 aliphatic carbocycles. The second-order valence-corrected chi connectivity index (χ2v) is 7.51. The van der Waals surface area contributed by atoms with Crippen molar-refractivity contribution >= 4 is 34.6 Å². The number of benzene rings is 1. The largest absolute Gasteiger partial charge is 0.490 e. The molecule has 0 atom stereocenters. The van der Waals surface area contributed by atoms with Crippen molar-refractivity contribution in [1.29, 1.82) is 0 Å². The van der Waals surface area contributed by atoms with Crippen molar-refractivity contribution in [2.75, 3.05) is 0 Å². The Bertz CT molecular complexity index is 734. The molecule has 1 heterocycles. The first-order valence-corrected chi connectivity index (χ1v) is 9.18. The van der Waals surface area contributed by atoms with Gasteiger partial charge in [-0.1, -0.05) is 11.6 Å². The average Bonchev–Trinajstić information content (AvgIpc) is 3.24. The molecule has 0 bridgehead atoms. The fourth-order valence-corrected chi connectivity index (χ4v) is 3.63. The fraction of sp³-hybridized carbons (Fsp3) is 0.333. The molecule has 24 heavy (non-hydrogen) atoms. The molecule has 1 aromatic heterocycles. The van der Waals surface area contributed by atoms with Gasteiger partial charge in [-0.25, -0.2) is 5.43 Å². The lowest BCUT2D eigenvalue weighted by Crippen LogP contribution is -2.19. The zero-order valence-electron chi connectivity index (χ0n) is 13.4. The second kappa shape index (κ2) is 7.81. The maximum Gasteiger partial charge on any atom is 0.271 e. The number of hydrogen-bond acceptors (Lipinski definition) is 4. The van der Waals surface area contributed by atoms with Crippen LogP contribution < -0.4 is 10.2 Å². The summed E-state index contributed by atoms with van der Waals surface area (Å²) in [4.78, 5) is 13.1. The third-order valence-electron chi connectivity index (χ3n) is 3.98. The van der Waals surface area contributed by atoms with E-state index in [-0.39, 0.29) is 5.91 Å².